The number of nitrogens with zero attached hydrogens (tertiary/aromatic N) is 1. The van der Waals surface area contributed by atoms with Crippen LogP contribution >= 0.6 is 0 Å². The van der Waals surface area contributed by atoms with Crippen LogP contribution in [0.15, 0.2) is 0 Å². The van der Waals surface area contributed by atoms with E-state index in [1.54, 1.807) is 0 Å². The first-order chi connectivity index (χ1) is 11.4. The molecule has 0 saturated carbocycles. The van der Waals surface area contributed by atoms with Crippen molar-refractivity contribution in [2.75, 3.05) is 40.9 Å². The second-order valence-electron chi connectivity index (χ2n) is 6.14. The number of carboxylic acids is 2. The number of likely N-dealkylation sites (N-methyl/N-ethyl adjacent to an activating group) is 1. The Morgan fingerprint density at radius 3 is 2.12 bits per heavy atom. The number of hydrogen-bond donors (Lipinski definition) is 1. The van der Waals surface area contributed by atoms with Crippen LogP contribution < -0.4 is 5.11 Å². The Hall–Kier alpha value is -2.69. The van der Waals surface area contributed by atoms with E-state index in [0.717, 1.165) is 0 Å². The van der Waals surface area contributed by atoms with Crippen LogP contribution in [-0.4, -0.2) is 86.4 Å². The standard InChI is InChI=1S/C14H21NO10/c1-15(2,3)4-5-23-12(20)8-24-11(19)7-14(13(21)22,25-9-16)6-10(17)18/h9H,4-8H2,1-3H3,(H-,17,18,21,22). The average Bonchev–Trinajstić information content (AvgIpc) is 2.43. The first kappa shape index (κ1) is 22.3. The monoisotopic (exact) mass is 363 g/mol. The third-order valence-electron chi connectivity index (χ3n) is 2.89. The molecule has 0 aromatic carbocycles. The topological polar surface area (TPSA) is 156 Å². The molecule has 0 aliphatic heterocycles. The van der Waals surface area contributed by atoms with Crippen molar-refractivity contribution in [3.8, 4) is 0 Å². The molecule has 1 atom stereocenters. The van der Waals surface area contributed by atoms with E-state index in [1.165, 1.54) is 0 Å². The second kappa shape index (κ2) is 9.57. The maximum Gasteiger partial charge on any atom is 0.344 e. The molecule has 142 valence electrons. The summed E-state index contributed by atoms with van der Waals surface area (Å²) >= 11 is 0. The lowest BCUT2D eigenvalue weighted by Gasteiger charge is -2.30. The molecule has 0 spiro atoms. The summed E-state index contributed by atoms with van der Waals surface area (Å²) in [5.41, 5.74) is -2.72. The Balaban J connectivity index is 4.61. The largest absolute Gasteiger partial charge is 0.546 e. The molecule has 0 aromatic heterocycles. The number of ether oxygens (including phenoxy) is 3. The molecule has 0 aliphatic carbocycles. The molecule has 1 unspecified atom stereocenters. The van der Waals surface area contributed by atoms with Crippen molar-refractivity contribution in [2.45, 2.75) is 18.4 Å². The van der Waals surface area contributed by atoms with Crippen molar-refractivity contribution in [1.82, 2.24) is 0 Å². The summed E-state index contributed by atoms with van der Waals surface area (Å²) in [6, 6.07) is 0. The van der Waals surface area contributed by atoms with Gasteiger partial charge in [-0.2, -0.15) is 0 Å². The molecular weight excluding hydrogens is 342 g/mol. The molecule has 0 saturated heterocycles. The zero-order chi connectivity index (χ0) is 19.7. The fourth-order valence-electron chi connectivity index (χ4n) is 1.57. The van der Waals surface area contributed by atoms with E-state index in [1.807, 2.05) is 21.1 Å². The first-order valence-electron chi connectivity index (χ1n) is 7.08. The van der Waals surface area contributed by atoms with E-state index in [0.29, 0.717) is 11.0 Å². The molecule has 0 heterocycles. The van der Waals surface area contributed by atoms with E-state index in [-0.39, 0.29) is 13.1 Å². The quantitative estimate of drug-likeness (QED) is 0.167. The maximum atomic E-state index is 11.6. The molecule has 1 N–H and O–H groups in total. The van der Waals surface area contributed by atoms with Gasteiger partial charge in [0, 0.05) is 0 Å². The van der Waals surface area contributed by atoms with Crippen LogP contribution in [0.2, 0.25) is 0 Å². The van der Waals surface area contributed by atoms with Gasteiger partial charge in [0.2, 0.25) is 0 Å². The highest BCUT2D eigenvalue weighted by molar-refractivity contribution is 5.89. The van der Waals surface area contributed by atoms with Gasteiger partial charge in [0.05, 0.1) is 40.0 Å². The molecule has 11 heteroatoms. The number of carboxylic acid groups (broad SMARTS) is 2. The molecular formula is C14H21NO10. The van der Waals surface area contributed by atoms with E-state index in [4.69, 9.17) is 9.84 Å². The Morgan fingerprint density at radius 2 is 1.68 bits per heavy atom. The van der Waals surface area contributed by atoms with E-state index < -0.39 is 48.9 Å². The molecule has 0 rings (SSSR count). The van der Waals surface area contributed by atoms with Gasteiger partial charge < -0.3 is 33.7 Å². The number of esters is 2. The predicted molar refractivity (Wildman–Crippen MR) is 76.6 cm³/mol. The summed E-state index contributed by atoms with van der Waals surface area (Å²) in [6.45, 7) is -0.520. The lowest BCUT2D eigenvalue weighted by molar-refractivity contribution is -0.870. The van der Waals surface area contributed by atoms with Gasteiger partial charge in [-0.25, -0.2) is 4.79 Å². The first-order valence-corrected chi connectivity index (χ1v) is 7.08. The molecule has 0 amide bonds. The van der Waals surface area contributed by atoms with Crippen molar-refractivity contribution < 1.29 is 52.9 Å². The zero-order valence-electron chi connectivity index (χ0n) is 14.2. The molecule has 0 aliphatic rings. The van der Waals surface area contributed by atoms with Gasteiger partial charge in [-0.05, 0) is 0 Å². The fraction of sp³-hybridized carbons (Fsp3) is 0.643. The van der Waals surface area contributed by atoms with Gasteiger partial charge in [-0.3, -0.25) is 14.4 Å². The average molecular weight is 363 g/mol. The second-order valence-corrected chi connectivity index (χ2v) is 6.14. The van der Waals surface area contributed by atoms with Gasteiger partial charge in [0.1, 0.15) is 13.2 Å². The van der Waals surface area contributed by atoms with Crippen LogP contribution in [-0.2, 0) is 38.2 Å². The highest BCUT2D eigenvalue weighted by Gasteiger charge is 2.40. The van der Waals surface area contributed by atoms with Crippen LogP contribution in [0.4, 0.5) is 0 Å². The van der Waals surface area contributed by atoms with Crippen LogP contribution in [0.3, 0.4) is 0 Å². The number of aliphatic carboxylic acids is 2. The van der Waals surface area contributed by atoms with Crippen molar-refractivity contribution in [3.63, 3.8) is 0 Å². The van der Waals surface area contributed by atoms with Gasteiger partial charge in [-0.1, -0.05) is 0 Å². The molecule has 25 heavy (non-hydrogen) atoms. The van der Waals surface area contributed by atoms with Crippen molar-refractivity contribution in [1.29, 1.82) is 0 Å². The van der Waals surface area contributed by atoms with Crippen LogP contribution in [0.25, 0.3) is 0 Å². The lowest BCUT2D eigenvalue weighted by Crippen LogP contribution is -2.53. The number of hydrogen-bond acceptors (Lipinski definition) is 9. The lowest BCUT2D eigenvalue weighted by atomic mass is 9.95. The normalized spacial score (nSPS) is 13.2. The minimum Gasteiger partial charge on any atom is -0.546 e. The highest BCUT2D eigenvalue weighted by Crippen LogP contribution is 2.20. The summed E-state index contributed by atoms with van der Waals surface area (Å²) in [4.78, 5) is 55.3. The van der Waals surface area contributed by atoms with Crippen LogP contribution in [0, 0.1) is 0 Å². The third kappa shape index (κ3) is 9.25. The molecule has 0 radical (unpaired) electrons. The zero-order valence-corrected chi connectivity index (χ0v) is 14.2. The Labute approximate surface area is 143 Å². The van der Waals surface area contributed by atoms with Gasteiger partial charge in [0.25, 0.3) is 6.47 Å². The van der Waals surface area contributed by atoms with Gasteiger partial charge in [-0.15, -0.1) is 0 Å². The van der Waals surface area contributed by atoms with Gasteiger partial charge in [0.15, 0.2) is 12.2 Å². The van der Waals surface area contributed by atoms with Crippen LogP contribution in [0.1, 0.15) is 12.8 Å². The summed E-state index contributed by atoms with van der Waals surface area (Å²) < 4.78 is 14.1. The predicted octanol–water partition coefficient (Wildman–Crippen LogP) is -2.69. The third-order valence-corrected chi connectivity index (χ3v) is 2.89. The molecule has 11 nitrogen and oxygen atoms in total. The highest BCUT2D eigenvalue weighted by atomic mass is 16.6. The molecule has 0 bridgehead atoms. The van der Waals surface area contributed by atoms with E-state index in [9.17, 15) is 29.1 Å². The Bertz CT molecular complexity index is 524. The fourth-order valence-corrected chi connectivity index (χ4v) is 1.57. The Kier molecular flexibility index (Phi) is 8.54. The van der Waals surface area contributed by atoms with Crippen LogP contribution in [0.5, 0.6) is 0 Å². The van der Waals surface area contributed by atoms with Crippen molar-refractivity contribution in [3.05, 3.63) is 0 Å². The summed E-state index contributed by atoms with van der Waals surface area (Å²) in [5.74, 6) is -5.85. The Morgan fingerprint density at radius 1 is 1.08 bits per heavy atom. The SMILES string of the molecule is C[N+](C)(C)CCOC(=O)COC(=O)CC(CC(=O)O)(OC=O)C(=O)[O-]. The van der Waals surface area contributed by atoms with Crippen molar-refractivity contribution in [2.24, 2.45) is 0 Å². The number of rotatable bonds is 12. The number of quaternary nitrogens is 1. The van der Waals surface area contributed by atoms with Crippen molar-refractivity contribution >= 4 is 30.3 Å². The summed E-state index contributed by atoms with van der Waals surface area (Å²) in [6.07, 6.45) is -2.34. The summed E-state index contributed by atoms with van der Waals surface area (Å²) in [5, 5.41) is 19.8. The minimum atomic E-state index is -2.72. The number of carbonyl (C=O) groups is 5. The summed E-state index contributed by atoms with van der Waals surface area (Å²) in [7, 11) is 5.63. The smallest absolute Gasteiger partial charge is 0.344 e. The van der Waals surface area contributed by atoms with E-state index >= 15 is 0 Å². The minimum absolute atomic E-state index is 0.0795. The van der Waals surface area contributed by atoms with E-state index in [2.05, 4.69) is 9.47 Å². The van der Waals surface area contributed by atoms with Gasteiger partial charge >= 0.3 is 17.9 Å². The number of carbonyl (C=O) groups excluding carboxylic acids is 4. The molecule has 0 aromatic rings. The maximum absolute atomic E-state index is 11.6. The molecule has 0 fully saturated rings.